The lowest BCUT2D eigenvalue weighted by atomic mass is 10.0. The first-order valence-electron chi connectivity index (χ1n) is 5.61. The van der Waals surface area contributed by atoms with E-state index in [0.717, 1.165) is 11.1 Å². The molecule has 5 nitrogen and oxygen atoms in total. The van der Waals surface area contributed by atoms with Crippen molar-refractivity contribution in [2.24, 2.45) is 0 Å². The lowest BCUT2D eigenvalue weighted by Gasteiger charge is -2.03. The Morgan fingerprint density at radius 1 is 1.00 bits per heavy atom. The summed E-state index contributed by atoms with van der Waals surface area (Å²) < 4.78 is 4.50. The summed E-state index contributed by atoms with van der Waals surface area (Å²) in [7, 11) is 0. The molecule has 0 bridgehead atoms. The molecule has 0 unspecified atom stereocenters. The molecule has 0 N–H and O–H groups in total. The fourth-order valence-electron chi connectivity index (χ4n) is 1.62. The van der Waals surface area contributed by atoms with Crippen molar-refractivity contribution >= 4 is 5.97 Å². The highest BCUT2D eigenvalue weighted by atomic mass is 16.7. The number of hydrogen-bond donors (Lipinski definition) is 0. The zero-order chi connectivity index (χ0) is 13.7. The SMILES string of the molecule is O=C(OC[N+](=O)[O-])c1ccc(-c2ccccc2)cc1. The number of carbonyl (C=O) groups excluding carboxylic acids is 1. The number of esters is 1. The van der Waals surface area contributed by atoms with Crippen LogP contribution in [0, 0.1) is 10.1 Å². The summed E-state index contributed by atoms with van der Waals surface area (Å²) >= 11 is 0. The number of nitrogens with zero attached hydrogens (tertiary/aromatic N) is 1. The number of hydrogen-bond acceptors (Lipinski definition) is 4. The van der Waals surface area contributed by atoms with E-state index < -0.39 is 17.6 Å². The molecule has 0 spiro atoms. The molecule has 0 atom stereocenters. The minimum absolute atomic E-state index is 0.293. The lowest BCUT2D eigenvalue weighted by Crippen LogP contribution is -2.12. The third kappa shape index (κ3) is 3.38. The molecule has 0 radical (unpaired) electrons. The summed E-state index contributed by atoms with van der Waals surface area (Å²) in [5.41, 5.74) is 2.29. The van der Waals surface area contributed by atoms with Crippen molar-refractivity contribution in [3.05, 3.63) is 70.3 Å². The first kappa shape index (κ1) is 12.8. The number of ether oxygens (including phenoxy) is 1. The van der Waals surface area contributed by atoms with Gasteiger partial charge in [0.1, 0.15) is 0 Å². The normalized spacial score (nSPS) is 9.89. The second-order valence-electron chi connectivity index (χ2n) is 3.84. The van der Waals surface area contributed by atoms with Crippen molar-refractivity contribution in [3.8, 4) is 11.1 Å². The van der Waals surface area contributed by atoms with Gasteiger partial charge in [0.05, 0.1) is 10.5 Å². The quantitative estimate of drug-likeness (QED) is 0.365. The van der Waals surface area contributed by atoms with Crippen LogP contribution in [-0.2, 0) is 4.74 Å². The Balaban J connectivity index is 2.10. The van der Waals surface area contributed by atoms with Crippen LogP contribution in [0.3, 0.4) is 0 Å². The maximum Gasteiger partial charge on any atom is 0.347 e. The zero-order valence-electron chi connectivity index (χ0n) is 9.98. The van der Waals surface area contributed by atoms with Crippen LogP contribution in [0.15, 0.2) is 54.6 Å². The van der Waals surface area contributed by atoms with Crippen LogP contribution < -0.4 is 0 Å². The highest BCUT2D eigenvalue weighted by Crippen LogP contribution is 2.19. The largest absolute Gasteiger partial charge is 0.397 e. The molecule has 2 aromatic rings. The minimum Gasteiger partial charge on any atom is -0.397 e. The molecule has 0 aliphatic heterocycles. The monoisotopic (exact) mass is 257 g/mol. The van der Waals surface area contributed by atoms with E-state index in [1.807, 2.05) is 30.3 Å². The molecule has 0 fully saturated rings. The van der Waals surface area contributed by atoms with Gasteiger partial charge in [-0.15, -0.1) is 0 Å². The van der Waals surface area contributed by atoms with E-state index in [1.54, 1.807) is 24.3 Å². The van der Waals surface area contributed by atoms with Gasteiger partial charge in [0.25, 0.3) is 0 Å². The molecule has 2 rings (SSSR count). The smallest absolute Gasteiger partial charge is 0.347 e. The van der Waals surface area contributed by atoms with Gasteiger partial charge in [-0.3, -0.25) is 10.1 Å². The summed E-state index contributed by atoms with van der Waals surface area (Å²) in [4.78, 5) is 20.9. The molecular formula is C14H11NO4. The van der Waals surface area contributed by atoms with Gasteiger partial charge in [-0.05, 0) is 23.3 Å². The highest BCUT2D eigenvalue weighted by Gasteiger charge is 2.09. The van der Waals surface area contributed by atoms with E-state index >= 15 is 0 Å². The Labute approximate surface area is 109 Å². The van der Waals surface area contributed by atoms with Crippen molar-refractivity contribution in [1.82, 2.24) is 0 Å². The van der Waals surface area contributed by atoms with Gasteiger partial charge in [0.15, 0.2) is 0 Å². The highest BCUT2D eigenvalue weighted by molar-refractivity contribution is 5.90. The van der Waals surface area contributed by atoms with Gasteiger partial charge in [-0.2, -0.15) is 0 Å². The first-order chi connectivity index (χ1) is 9.16. The van der Waals surface area contributed by atoms with E-state index in [4.69, 9.17) is 0 Å². The second kappa shape index (κ2) is 5.77. The molecule has 0 aliphatic rings. The molecule has 0 aromatic heterocycles. The van der Waals surface area contributed by atoms with Crippen molar-refractivity contribution in [2.45, 2.75) is 0 Å². The van der Waals surface area contributed by atoms with Gasteiger partial charge in [0, 0.05) is 0 Å². The predicted octanol–water partition coefficient (Wildman–Crippen LogP) is 2.74. The molecule has 96 valence electrons. The fourth-order valence-corrected chi connectivity index (χ4v) is 1.62. The Hall–Kier alpha value is -2.69. The number of nitro groups is 1. The summed E-state index contributed by atoms with van der Waals surface area (Å²) in [5, 5.41) is 10.1. The van der Waals surface area contributed by atoms with E-state index in [-0.39, 0.29) is 0 Å². The predicted molar refractivity (Wildman–Crippen MR) is 69.2 cm³/mol. The molecule has 0 saturated carbocycles. The summed E-state index contributed by atoms with van der Waals surface area (Å²) in [5.74, 6) is -0.698. The van der Waals surface area contributed by atoms with Crippen LogP contribution in [0.1, 0.15) is 10.4 Å². The number of carbonyl (C=O) groups is 1. The summed E-state index contributed by atoms with van der Waals surface area (Å²) in [6.07, 6.45) is 0. The van der Waals surface area contributed by atoms with Crippen LogP contribution in [0.4, 0.5) is 0 Å². The zero-order valence-corrected chi connectivity index (χ0v) is 9.98. The van der Waals surface area contributed by atoms with Gasteiger partial charge in [-0.25, -0.2) is 4.79 Å². The maximum atomic E-state index is 11.5. The average Bonchev–Trinajstić information content (AvgIpc) is 2.46. The Morgan fingerprint density at radius 2 is 1.58 bits per heavy atom. The van der Waals surface area contributed by atoms with E-state index in [2.05, 4.69) is 4.74 Å². The Morgan fingerprint density at radius 3 is 2.16 bits per heavy atom. The van der Waals surface area contributed by atoms with Crippen molar-refractivity contribution in [3.63, 3.8) is 0 Å². The van der Waals surface area contributed by atoms with Crippen molar-refractivity contribution in [2.75, 3.05) is 6.73 Å². The van der Waals surface area contributed by atoms with Gasteiger partial charge < -0.3 is 4.74 Å². The summed E-state index contributed by atoms with van der Waals surface area (Å²) in [6.45, 7) is -0.820. The molecular weight excluding hydrogens is 246 g/mol. The number of benzene rings is 2. The van der Waals surface area contributed by atoms with Crippen LogP contribution in [0.2, 0.25) is 0 Å². The third-order valence-electron chi connectivity index (χ3n) is 2.53. The van der Waals surface area contributed by atoms with E-state index in [0.29, 0.717) is 5.56 Å². The minimum atomic E-state index is -0.820. The number of rotatable bonds is 4. The van der Waals surface area contributed by atoms with Gasteiger partial charge in [0.2, 0.25) is 0 Å². The van der Waals surface area contributed by atoms with E-state index in [1.165, 1.54) is 0 Å². The molecule has 0 heterocycles. The summed E-state index contributed by atoms with van der Waals surface area (Å²) in [6, 6.07) is 16.4. The first-order valence-corrected chi connectivity index (χ1v) is 5.61. The molecule has 19 heavy (non-hydrogen) atoms. The van der Waals surface area contributed by atoms with Gasteiger partial charge in [-0.1, -0.05) is 42.5 Å². The maximum absolute atomic E-state index is 11.5. The van der Waals surface area contributed by atoms with Gasteiger partial charge >= 0.3 is 12.7 Å². The van der Waals surface area contributed by atoms with Crippen molar-refractivity contribution in [1.29, 1.82) is 0 Å². The molecule has 5 heteroatoms. The van der Waals surface area contributed by atoms with Crippen LogP contribution >= 0.6 is 0 Å². The fraction of sp³-hybridized carbons (Fsp3) is 0.0714. The average molecular weight is 257 g/mol. The molecule has 2 aromatic carbocycles. The Bertz CT molecular complexity index is 578. The topological polar surface area (TPSA) is 69.4 Å². The standard InChI is InChI=1S/C14H11NO4/c16-14(19-10-15(17)18)13-8-6-12(7-9-13)11-4-2-1-3-5-11/h1-9H,10H2. The molecule has 0 amide bonds. The third-order valence-corrected chi connectivity index (χ3v) is 2.53. The van der Waals surface area contributed by atoms with Crippen LogP contribution in [-0.4, -0.2) is 17.6 Å². The Kier molecular flexibility index (Phi) is 3.87. The van der Waals surface area contributed by atoms with Crippen LogP contribution in [0.5, 0.6) is 0 Å². The van der Waals surface area contributed by atoms with Crippen molar-refractivity contribution < 1.29 is 14.5 Å². The molecule has 0 saturated heterocycles. The van der Waals surface area contributed by atoms with Crippen LogP contribution in [0.25, 0.3) is 11.1 Å². The molecule has 0 aliphatic carbocycles. The van der Waals surface area contributed by atoms with E-state index in [9.17, 15) is 14.9 Å². The lowest BCUT2D eigenvalue weighted by molar-refractivity contribution is -0.517. The second-order valence-corrected chi connectivity index (χ2v) is 3.84.